The highest BCUT2D eigenvalue weighted by atomic mass is 16.4. The van der Waals surface area contributed by atoms with Crippen molar-refractivity contribution in [2.24, 2.45) is 5.92 Å². The average molecular weight is 342 g/mol. The highest BCUT2D eigenvalue weighted by Gasteiger charge is 2.26. The fourth-order valence-electron chi connectivity index (χ4n) is 3.09. The molecule has 1 aliphatic rings. The first-order chi connectivity index (χ1) is 12.0. The monoisotopic (exact) mass is 342 g/mol. The Bertz CT molecular complexity index is 746. The number of amides is 2. The van der Waals surface area contributed by atoms with Gasteiger partial charge in [0.15, 0.2) is 0 Å². The summed E-state index contributed by atoms with van der Waals surface area (Å²) in [5.74, 6) is -1.02. The number of hydrogen-bond donors (Lipinski definition) is 3. The molecule has 7 heteroatoms. The van der Waals surface area contributed by atoms with Crippen LogP contribution in [-0.4, -0.2) is 32.9 Å². The molecule has 1 heterocycles. The molecule has 0 unspecified atom stereocenters. The van der Waals surface area contributed by atoms with E-state index in [1.807, 2.05) is 43.5 Å². The lowest BCUT2D eigenvalue weighted by molar-refractivity contribution is -0.142. The maximum Gasteiger partial charge on any atom is 0.319 e. The van der Waals surface area contributed by atoms with Crippen molar-refractivity contribution in [2.75, 3.05) is 5.32 Å². The quantitative estimate of drug-likeness (QED) is 0.796. The van der Waals surface area contributed by atoms with Gasteiger partial charge in [0.25, 0.3) is 0 Å². The molecule has 0 radical (unpaired) electrons. The number of aryl methyl sites for hydroxylation is 1. The summed E-state index contributed by atoms with van der Waals surface area (Å²) < 4.78 is 1.78. The van der Waals surface area contributed by atoms with E-state index in [1.165, 1.54) is 0 Å². The molecule has 0 atom stereocenters. The Morgan fingerprint density at radius 2 is 1.80 bits per heavy atom. The molecule has 7 nitrogen and oxygen atoms in total. The summed E-state index contributed by atoms with van der Waals surface area (Å²) in [7, 11) is 0. The molecule has 3 rings (SSSR count). The van der Waals surface area contributed by atoms with Crippen molar-refractivity contribution >= 4 is 17.7 Å². The van der Waals surface area contributed by atoms with E-state index < -0.39 is 5.97 Å². The summed E-state index contributed by atoms with van der Waals surface area (Å²) in [6.45, 7) is 1.93. The number of aliphatic carboxylic acids is 1. The number of carboxylic acids is 1. The first kappa shape index (κ1) is 17.0. The van der Waals surface area contributed by atoms with Gasteiger partial charge in [0.1, 0.15) is 0 Å². The summed E-state index contributed by atoms with van der Waals surface area (Å²) >= 11 is 0. The lowest BCUT2D eigenvalue weighted by Gasteiger charge is -2.26. The Labute approximate surface area is 146 Å². The number of rotatable bonds is 4. The highest BCUT2D eigenvalue weighted by molar-refractivity contribution is 5.89. The molecule has 25 heavy (non-hydrogen) atoms. The Kier molecular flexibility index (Phi) is 5.02. The van der Waals surface area contributed by atoms with Crippen LogP contribution >= 0.6 is 0 Å². The predicted molar refractivity (Wildman–Crippen MR) is 93.8 cm³/mol. The van der Waals surface area contributed by atoms with E-state index >= 15 is 0 Å². The van der Waals surface area contributed by atoms with Gasteiger partial charge >= 0.3 is 12.0 Å². The lowest BCUT2D eigenvalue weighted by atomic mass is 9.86. The molecule has 3 N–H and O–H groups in total. The summed E-state index contributed by atoms with van der Waals surface area (Å²) in [5.41, 5.74) is 2.56. The third-order valence-corrected chi connectivity index (χ3v) is 4.52. The van der Waals surface area contributed by atoms with Crippen molar-refractivity contribution in [1.29, 1.82) is 0 Å². The number of carbonyl (C=O) groups excluding carboxylic acids is 1. The average Bonchev–Trinajstić information content (AvgIpc) is 3.02. The first-order valence-electron chi connectivity index (χ1n) is 8.44. The molecular weight excluding hydrogens is 320 g/mol. The highest BCUT2D eigenvalue weighted by Crippen LogP contribution is 2.24. The summed E-state index contributed by atoms with van der Waals surface area (Å²) in [5, 5.41) is 19.1. The molecule has 2 aromatic rings. The number of urea groups is 1. The van der Waals surface area contributed by atoms with Crippen molar-refractivity contribution in [2.45, 2.75) is 38.6 Å². The zero-order chi connectivity index (χ0) is 17.8. The van der Waals surface area contributed by atoms with Crippen LogP contribution < -0.4 is 10.6 Å². The van der Waals surface area contributed by atoms with Crippen LogP contribution in [0.15, 0.2) is 36.5 Å². The van der Waals surface area contributed by atoms with Gasteiger partial charge in [-0.05, 0) is 62.9 Å². The molecule has 1 saturated carbocycles. The van der Waals surface area contributed by atoms with Crippen molar-refractivity contribution in [3.63, 3.8) is 0 Å². The van der Waals surface area contributed by atoms with Gasteiger partial charge in [-0.1, -0.05) is 0 Å². The van der Waals surface area contributed by atoms with Gasteiger partial charge in [-0.3, -0.25) is 4.79 Å². The van der Waals surface area contributed by atoms with Gasteiger partial charge < -0.3 is 15.7 Å². The van der Waals surface area contributed by atoms with E-state index in [2.05, 4.69) is 15.7 Å². The summed E-state index contributed by atoms with van der Waals surface area (Å²) in [6, 6.07) is 9.13. The summed E-state index contributed by atoms with van der Waals surface area (Å²) in [6.07, 6.45) is 4.50. The zero-order valence-electron chi connectivity index (χ0n) is 14.1. The lowest BCUT2D eigenvalue weighted by Crippen LogP contribution is -2.40. The molecule has 1 aliphatic carbocycles. The second kappa shape index (κ2) is 7.38. The molecule has 0 saturated heterocycles. The van der Waals surface area contributed by atoms with Crippen LogP contribution in [0.1, 0.15) is 31.4 Å². The Hall–Kier alpha value is -2.83. The molecular formula is C18H22N4O3. The van der Waals surface area contributed by atoms with E-state index in [0.29, 0.717) is 31.4 Å². The number of aromatic nitrogens is 2. The summed E-state index contributed by atoms with van der Waals surface area (Å²) in [4.78, 5) is 23.0. The second-order valence-electron chi connectivity index (χ2n) is 6.43. The minimum absolute atomic E-state index is 0.0296. The van der Waals surface area contributed by atoms with Gasteiger partial charge in [0, 0.05) is 17.9 Å². The molecule has 0 spiro atoms. The topological polar surface area (TPSA) is 96.2 Å². The smallest absolute Gasteiger partial charge is 0.319 e. The van der Waals surface area contributed by atoms with Crippen LogP contribution in [0, 0.1) is 12.8 Å². The fraction of sp³-hybridized carbons (Fsp3) is 0.389. The van der Waals surface area contributed by atoms with Crippen molar-refractivity contribution in [3.8, 4) is 5.69 Å². The normalized spacial score (nSPS) is 20.0. The van der Waals surface area contributed by atoms with E-state index in [-0.39, 0.29) is 18.0 Å². The number of anilines is 1. The van der Waals surface area contributed by atoms with E-state index in [0.717, 1.165) is 11.4 Å². The number of benzene rings is 1. The van der Waals surface area contributed by atoms with Crippen LogP contribution in [-0.2, 0) is 4.79 Å². The van der Waals surface area contributed by atoms with Gasteiger partial charge in [-0.25, -0.2) is 9.48 Å². The van der Waals surface area contributed by atoms with Crippen LogP contribution in [0.4, 0.5) is 10.5 Å². The Balaban J connectivity index is 1.51. The van der Waals surface area contributed by atoms with Crippen LogP contribution in [0.5, 0.6) is 0 Å². The number of carboxylic acid groups (broad SMARTS) is 1. The standard InChI is InChI=1S/C18H22N4O3/c1-12-10-11-22(21-12)16-8-6-15(7-9-16)20-18(25)19-14-4-2-13(3-5-14)17(23)24/h6-11,13-14H,2-5H2,1H3,(H,23,24)(H2,19,20,25). The Morgan fingerprint density at radius 3 is 2.36 bits per heavy atom. The van der Waals surface area contributed by atoms with Gasteiger partial charge in [-0.15, -0.1) is 0 Å². The molecule has 2 amide bonds. The molecule has 1 fully saturated rings. The minimum Gasteiger partial charge on any atom is -0.481 e. The zero-order valence-corrected chi connectivity index (χ0v) is 14.1. The molecule has 132 valence electrons. The van der Waals surface area contributed by atoms with E-state index in [9.17, 15) is 9.59 Å². The SMILES string of the molecule is Cc1ccn(-c2ccc(NC(=O)NC3CCC(C(=O)O)CC3)cc2)n1. The number of nitrogens with one attached hydrogen (secondary N) is 2. The number of hydrogen-bond acceptors (Lipinski definition) is 3. The van der Waals surface area contributed by atoms with Crippen molar-refractivity contribution < 1.29 is 14.7 Å². The second-order valence-corrected chi connectivity index (χ2v) is 6.43. The van der Waals surface area contributed by atoms with Crippen LogP contribution in [0.3, 0.4) is 0 Å². The number of nitrogens with zero attached hydrogens (tertiary/aromatic N) is 2. The van der Waals surface area contributed by atoms with Crippen molar-refractivity contribution in [1.82, 2.24) is 15.1 Å². The number of carbonyl (C=O) groups is 2. The van der Waals surface area contributed by atoms with Gasteiger partial charge in [0.05, 0.1) is 17.3 Å². The first-order valence-corrected chi connectivity index (χ1v) is 8.44. The van der Waals surface area contributed by atoms with Crippen LogP contribution in [0.2, 0.25) is 0 Å². The maximum atomic E-state index is 12.1. The minimum atomic E-state index is -0.740. The fourth-order valence-corrected chi connectivity index (χ4v) is 3.09. The third-order valence-electron chi connectivity index (χ3n) is 4.52. The maximum absolute atomic E-state index is 12.1. The van der Waals surface area contributed by atoms with Gasteiger partial charge in [-0.2, -0.15) is 5.10 Å². The molecule has 0 aliphatic heterocycles. The van der Waals surface area contributed by atoms with Crippen molar-refractivity contribution in [3.05, 3.63) is 42.2 Å². The van der Waals surface area contributed by atoms with E-state index in [1.54, 1.807) is 4.68 Å². The van der Waals surface area contributed by atoms with E-state index in [4.69, 9.17) is 5.11 Å². The van der Waals surface area contributed by atoms with Gasteiger partial charge in [0.2, 0.25) is 0 Å². The Morgan fingerprint density at radius 1 is 1.12 bits per heavy atom. The largest absolute Gasteiger partial charge is 0.481 e. The molecule has 1 aromatic heterocycles. The predicted octanol–water partition coefficient (Wildman–Crippen LogP) is 2.95. The molecule has 1 aromatic carbocycles. The molecule has 0 bridgehead atoms. The van der Waals surface area contributed by atoms with Crippen LogP contribution in [0.25, 0.3) is 5.69 Å². The third kappa shape index (κ3) is 4.37.